The van der Waals surface area contributed by atoms with Gasteiger partial charge in [0, 0.05) is 27.8 Å². The minimum absolute atomic E-state index is 0.233. The molecule has 0 spiro atoms. The summed E-state index contributed by atoms with van der Waals surface area (Å²) in [4.78, 5) is 9.57. The molecule has 0 saturated heterocycles. The van der Waals surface area contributed by atoms with Crippen LogP contribution in [0.5, 0.6) is 11.5 Å². The van der Waals surface area contributed by atoms with Gasteiger partial charge in [0.05, 0.1) is 11.2 Å². The monoisotopic (exact) mass is 406 g/mol. The lowest BCUT2D eigenvalue weighted by Gasteiger charge is -2.09. The van der Waals surface area contributed by atoms with E-state index in [0.717, 1.165) is 33.5 Å². The number of hydrogen-bond acceptors (Lipinski definition) is 5. The van der Waals surface area contributed by atoms with Crippen molar-refractivity contribution in [3.63, 3.8) is 0 Å². The standard InChI is InChI=1S/C22H15ClN2O2S/c23-17-11-20-19(26-13-27-20)10-15(17)12-28-22-24-18-9-5-4-8-16(18)21(25-22)14-6-2-1-3-7-14/h1-11H,12-13H2. The highest BCUT2D eigenvalue weighted by atomic mass is 35.5. The van der Waals surface area contributed by atoms with Gasteiger partial charge in [0.2, 0.25) is 6.79 Å². The Labute approximate surface area is 171 Å². The normalized spacial score (nSPS) is 12.5. The topological polar surface area (TPSA) is 44.2 Å². The number of para-hydroxylation sites is 1. The Balaban J connectivity index is 1.50. The van der Waals surface area contributed by atoms with Crippen molar-refractivity contribution in [1.82, 2.24) is 9.97 Å². The van der Waals surface area contributed by atoms with Gasteiger partial charge in [0.15, 0.2) is 16.7 Å². The molecule has 6 heteroatoms. The van der Waals surface area contributed by atoms with Crippen LogP contribution in [0.3, 0.4) is 0 Å². The molecule has 0 amide bonds. The molecule has 3 aromatic carbocycles. The molecule has 4 aromatic rings. The van der Waals surface area contributed by atoms with E-state index in [9.17, 15) is 0 Å². The highest BCUT2D eigenvalue weighted by molar-refractivity contribution is 7.98. The van der Waals surface area contributed by atoms with E-state index in [1.54, 1.807) is 17.8 Å². The SMILES string of the molecule is Clc1cc2c(cc1CSc1nc(-c3ccccc3)c3ccccc3n1)OCO2. The summed E-state index contributed by atoms with van der Waals surface area (Å²) in [5.41, 5.74) is 3.90. The predicted octanol–water partition coefficient (Wildman–Crippen LogP) is 5.97. The van der Waals surface area contributed by atoms with Crippen LogP contribution in [0, 0.1) is 0 Å². The van der Waals surface area contributed by atoms with Crippen molar-refractivity contribution in [3.8, 4) is 22.8 Å². The van der Waals surface area contributed by atoms with Crippen molar-refractivity contribution in [2.24, 2.45) is 0 Å². The van der Waals surface area contributed by atoms with Gasteiger partial charge in [-0.3, -0.25) is 0 Å². The lowest BCUT2D eigenvalue weighted by Crippen LogP contribution is -1.94. The van der Waals surface area contributed by atoms with Crippen LogP contribution in [0.15, 0.2) is 71.9 Å². The first kappa shape index (κ1) is 17.3. The highest BCUT2D eigenvalue weighted by Gasteiger charge is 2.17. The lowest BCUT2D eigenvalue weighted by atomic mass is 10.1. The van der Waals surface area contributed by atoms with Crippen molar-refractivity contribution in [2.75, 3.05) is 6.79 Å². The molecule has 28 heavy (non-hydrogen) atoms. The molecular weight excluding hydrogens is 392 g/mol. The largest absolute Gasteiger partial charge is 0.454 e. The van der Waals surface area contributed by atoms with Crippen molar-refractivity contribution < 1.29 is 9.47 Å². The lowest BCUT2D eigenvalue weighted by molar-refractivity contribution is 0.174. The van der Waals surface area contributed by atoms with Crippen LogP contribution in [0.2, 0.25) is 5.02 Å². The van der Waals surface area contributed by atoms with Crippen molar-refractivity contribution >= 4 is 34.3 Å². The fourth-order valence-electron chi connectivity index (χ4n) is 3.15. The maximum absolute atomic E-state index is 6.41. The third kappa shape index (κ3) is 3.28. The second kappa shape index (κ2) is 7.34. The molecule has 2 heterocycles. The van der Waals surface area contributed by atoms with Gasteiger partial charge >= 0.3 is 0 Å². The average molecular weight is 407 g/mol. The third-order valence-corrected chi connectivity index (χ3v) is 5.78. The first-order valence-corrected chi connectivity index (χ1v) is 10.2. The van der Waals surface area contributed by atoms with E-state index in [1.807, 2.05) is 42.5 Å². The third-order valence-electron chi connectivity index (χ3n) is 4.53. The Morgan fingerprint density at radius 2 is 1.64 bits per heavy atom. The van der Waals surface area contributed by atoms with Gasteiger partial charge in [-0.1, -0.05) is 71.9 Å². The average Bonchev–Trinajstić information content (AvgIpc) is 3.19. The highest BCUT2D eigenvalue weighted by Crippen LogP contribution is 2.39. The van der Waals surface area contributed by atoms with Gasteiger partial charge < -0.3 is 9.47 Å². The number of aromatic nitrogens is 2. The molecule has 0 aliphatic carbocycles. The zero-order valence-electron chi connectivity index (χ0n) is 14.8. The summed E-state index contributed by atoms with van der Waals surface area (Å²) in [7, 11) is 0. The molecule has 0 fully saturated rings. The molecule has 1 aliphatic rings. The summed E-state index contributed by atoms with van der Waals surface area (Å²) >= 11 is 7.96. The fourth-order valence-corrected chi connectivity index (χ4v) is 4.29. The van der Waals surface area contributed by atoms with Gasteiger partial charge in [-0.25, -0.2) is 9.97 Å². The van der Waals surface area contributed by atoms with Gasteiger partial charge in [-0.05, 0) is 17.7 Å². The Bertz CT molecular complexity index is 1170. The maximum atomic E-state index is 6.41. The molecule has 0 atom stereocenters. The van der Waals surface area contributed by atoms with Crippen molar-refractivity contribution in [1.29, 1.82) is 0 Å². The summed E-state index contributed by atoms with van der Waals surface area (Å²) in [5, 5.41) is 2.41. The fraction of sp³-hybridized carbons (Fsp3) is 0.0909. The quantitative estimate of drug-likeness (QED) is 0.308. The number of thioether (sulfide) groups is 1. The molecule has 0 bridgehead atoms. The van der Waals surface area contributed by atoms with Crippen LogP contribution in [0.25, 0.3) is 22.2 Å². The second-order valence-electron chi connectivity index (χ2n) is 6.32. The molecular formula is C22H15ClN2O2S. The molecule has 0 radical (unpaired) electrons. The first-order valence-electron chi connectivity index (χ1n) is 8.81. The molecule has 138 valence electrons. The summed E-state index contributed by atoms with van der Waals surface area (Å²) in [6, 6.07) is 22.0. The van der Waals surface area contributed by atoms with E-state index in [4.69, 9.17) is 31.0 Å². The van der Waals surface area contributed by atoms with Gasteiger partial charge in [-0.2, -0.15) is 0 Å². The molecule has 0 unspecified atom stereocenters. The van der Waals surface area contributed by atoms with E-state index < -0.39 is 0 Å². The summed E-state index contributed by atoms with van der Waals surface area (Å²) < 4.78 is 10.8. The number of rotatable bonds is 4. The van der Waals surface area contributed by atoms with E-state index >= 15 is 0 Å². The summed E-state index contributed by atoms with van der Waals surface area (Å²) in [5.74, 6) is 2.05. The van der Waals surface area contributed by atoms with Crippen LogP contribution in [0.4, 0.5) is 0 Å². The van der Waals surface area contributed by atoms with Crippen molar-refractivity contribution in [2.45, 2.75) is 10.9 Å². The number of ether oxygens (including phenoxy) is 2. The summed E-state index contributed by atoms with van der Waals surface area (Å²) in [6.45, 7) is 0.233. The summed E-state index contributed by atoms with van der Waals surface area (Å²) in [6.07, 6.45) is 0. The number of nitrogens with zero attached hydrogens (tertiary/aromatic N) is 2. The zero-order valence-corrected chi connectivity index (χ0v) is 16.3. The molecule has 5 rings (SSSR count). The van der Waals surface area contributed by atoms with E-state index in [0.29, 0.717) is 21.7 Å². The van der Waals surface area contributed by atoms with Crippen molar-refractivity contribution in [3.05, 3.63) is 77.3 Å². The van der Waals surface area contributed by atoms with E-state index in [2.05, 4.69) is 18.2 Å². The predicted molar refractivity (Wildman–Crippen MR) is 112 cm³/mol. The number of benzene rings is 3. The number of fused-ring (bicyclic) bond motifs is 2. The Morgan fingerprint density at radius 1 is 0.893 bits per heavy atom. The van der Waals surface area contributed by atoms with Gasteiger partial charge in [0.25, 0.3) is 0 Å². The molecule has 0 N–H and O–H groups in total. The molecule has 1 aliphatic heterocycles. The van der Waals surface area contributed by atoms with Crippen LogP contribution < -0.4 is 9.47 Å². The smallest absolute Gasteiger partial charge is 0.231 e. The Morgan fingerprint density at radius 3 is 2.50 bits per heavy atom. The van der Waals surface area contributed by atoms with Crippen LogP contribution >= 0.6 is 23.4 Å². The van der Waals surface area contributed by atoms with E-state index in [-0.39, 0.29) is 6.79 Å². The minimum Gasteiger partial charge on any atom is -0.454 e. The molecule has 4 nitrogen and oxygen atoms in total. The first-order chi connectivity index (χ1) is 13.8. The van der Waals surface area contributed by atoms with Crippen LogP contribution in [-0.2, 0) is 5.75 Å². The van der Waals surface area contributed by atoms with Crippen LogP contribution in [-0.4, -0.2) is 16.8 Å². The van der Waals surface area contributed by atoms with Gasteiger partial charge in [0.1, 0.15) is 0 Å². The van der Waals surface area contributed by atoms with E-state index in [1.165, 1.54) is 0 Å². The van der Waals surface area contributed by atoms with Gasteiger partial charge in [-0.15, -0.1) is 0 Å². The zero-order chi connectivity index (χ0) is 18.9. The second-order valence-corrected chi connectivity index (χ2v) is 7.67. The maximum Gasteiger partial charge on any atom is 0.231 e. The Kier molecular flexibility index (Phi) is 4.55. The molecule has 0 saturated carbocycles. The minimum atomic E-state index is 0.233. The molecule has 1 aromatic heterocycles. The number of hydrogen-bond donors (Lipinski definition) is 0. The Hall–Kier alpha value is -2.76. The number of halogens is 1. The van der Waals surface area contributed by atoms with Crippen LogP contribution in [0.1, 0.15) is 5.56 Å².